The monoisotopic (exact) mass is 307 g/mol. The molecular weight excluding hydrogens is 282 g/mol. The first kappa shape index (κ1) is 16.5. The zero-order valence-corrected chi connectivity index (χ0v) is 14.2. The van der Waals surface area contributed by atoms with Crippen LogP contribution in [0, 0.1) is 0 Å². The second-order valence-corrected chi connectivity index (χ2v) is 6.24. The highest BCUT2D eigenvalue weighted by Crippen LogP contribution is 2.09. The van der Waals surface area contributed by atoms with Gasteiger partial charge in [-0.15, -0.1) is 0 Å². The maximum atomic E-state index is 12.4. The minimum Gasteiger partial charge on any atom is -0.323 e. The Morgan fingerprint density at radius 2 is 1.68 bits per heavy atom. The van der Waals surface area contributed by atoms with Gasteiger partial charge in [-0.3, -0.25) is 18.8 Å². The van der Waals surface area contributed by atoms with Gasteiger partial charge in [-0.05, 0) is 27.7 Å². The molecule has 0 saturated heterocycles. The molecule has 0 unspecified atom stereocenters. The Kier molecular flexibility index (Phi) is 4.55. The maximum absolute atomic E-state index is 12.4. The van der Waals surface area contributed by atoms with Gasteiger partial charge in [0.15, 0.2) is 11.2 Å². The van der Waals surface area contributed by atoms with Crippen LogP contribution in [0.25, 0.3) is 11.2 Å². The van der Waals surface area contributed by atoms with Gasteiger partial charge in [0.25, 0.3) is 5.56 Å². The van der Waals surface area contributed by atoms with Crippen LogP contribution in [0.1, 0.15) is 27.7 Å². The number of aromatic nitrogens is 4. The van der Waals surface area contributed by atoms with E-state index in [0.29, 0.717) is 29.8 Å². The summed E-state index contributed by atoms with van der Waals surface area (Å²) in [5, 5.41) is 0. The maximum Gasteiger partial charge on any atom is 0.332 e. The Morgan fingerprint density at radius 1 is 1.09 bits per heavy atom. The van der Waals surface area contributed by atoms with E-state index in [4.69, 9.17) is 0 Å². The second-order valence-electron chi connectivity index (χ2n) is 6.24. The molecule has 0 saturated carbocycles. The molecule has 7 nitrogen and oxygen atoms in total. The van der Waals surface area contributed by atoms with E-state index < -0.39 is 0 Å². The van der Waals surface area contributed by atoms with Gasteiger partial charge >= 0.3 is 5.69 Å². The average molecular weight is 307 g/mol. The first-order chi connectivity index (χ1) is 10.3. The van der Waals surface area contributed by atoms with Crippen molar-refractivity contribution in [3.05, 3.63) is 27.2 Å². The molecule has 0 aromatic carbocycles. The molecule has 0 bridgehead atoms. The van der Waals surface area contributed by atoms with E-state index in [-0.39, 0.29) is 11.2 Å². The molecule has 122 valence electrons. The zero-order valence-electron chi connectivity index (χ0n) is 14.2. The summed E-state index contributed by atoms with van der Waals surface area (Å²) in [5.41, 5.74) is 0.274. The number of aryl methyl sites for hydroxylation is 1. The van der Waals surface area contributed by atoms with Crippen molar-refractivity contribution in [3.63, 3.8) is 0 Å². The molecule has 0 aliphatic carbocycles. The number of fused-ring (bicyclic) bond motifs is 1. The Balaban J connectivity index is 2.42. The summed E-state index contributed by atoms with van der Waals surface area (Å²) in [4.78, 5) is 30.9. The van der Waals surface area contributed by atoms with Crippen LogP contribution in [0.4, 0.5) is 0 Å². The van der Waals surface area contributed by atoms with Crippen molar-refractivity contribution >= 4 is 11.2 Å². The van der Waals surface area contributed by atoms with Crippen LogP contribution in [0.15, 0.2) is 15.9 Å². The van der Waals surface area contributed by atoms with Crippen LogP contribution >= 0.6 is 0 Å². The third kappa shape index (κ3) is 2.72. The fourth-order valence-corrected chi connectivity index (χ4v) is 2.90. The lowest BCUT2D eigenvalue weighted by Gasteiger charge is -2.30. The van der Waals surface area contributed by atoms with Crippen molar-refractivity contribution in [2.75, 3.05) is 6.54 Å². The van der Waals surface area contributed by atoms with Gasteiger partial charge in [0.1, 0.15) is 0 Å². The standard InChI is InChI=1S/C15H25N5O2/c1-10(2)20(11(3)4)8-7-19-9-16-13-12(19)14(21)18(6)15(22)17(13)5/h9-11H,7-8H2,1-6H3. The molecule has 0 atom stereocenters. The van der Waals surface area contributed by atoms with E-state index in [2.05, 4.69) is 37.6 Å². The Bertz CT molecular complexity index is 774. The van der Waals surface area contributed by atoms with Crippen LogP contribution in [0.3, 0.4) is 0 Å². The molecule has 0 amide bonds. The molecule has 7 heteroatoms. The number of rotatable bonds is 5. The summed E-state index contributed by atoms with van der Waals surface area (Å²) < 4.78 is 4.38. The van der Waals surface area contributed by atoms with Gasteiger partial charge in [-0.25, -0.2) is 9.78 Å². The second kappa shape index (κ2) is 6.08. The normalized spacial score (nSPS) is 12.2. The van der Waals surface area contributed by atoms with Crippen LogP contribution in [0.5, 0.6) is 0 Å². The first-order valence-corrected chi connectivity index (χ1v) is 7.62. The van der Waals surface area contributed by atoms with Gasteiger partial charge < -0.3 is 4.57 Å². The summed E-state index contributed by atoms with van der Waals surface area (Å²) in [5.74, 6) is 0. The molecule has 2 aromatic heterocycles. The van der Waals surface area contributed by atoms with Crippen molar-refractivity contribution in [1.29, 1.82) is 0 Å². The van der Waals surface area contributed by atoms with Crippen molar-refractivity contribution in [1.82, 2.24) is 23.6 Å². The number of imidazole rings is 1. The van der Waals surface area contributed by atoms with Crippen LogP contribution in [-0.2, 0) is 20.6 Å². The third-order valence-corrected chi connectivity index (χ3v) is 4.14. The highest BCUT2D eigenvalue weighted by atomic mass is 16.2. The predicted octanol–water partition coefficient (Wildman–Crippen LogP) is 0.552. The molecule has 0 fully saturated rings. The Labute approximate surface area is 129 Å². The van der Waals surface area contributed by atoms with E-state index in [1.165, 1.54) is 11.6 Å². The van der Waals surface area contributed by atoms with E-state index in [9.17, 15) is 9.59 Å². The minimum absolute atomic E-state index is 0.295. The zero-order chi connectivity index (χ0) is 16.6. The van der Waals surface area contributed by atoms with Gasteiger partial charge in [0.2, 0.25) is 0 Å². The number of hydrogen-bond donors (Lipinski definition) is 0. The Morgan fingerprint density at radius 3 is 2.23 bits per heavy atom. The molecule has 2 heterocycles. The Hall–Kier alpha value is -1.89. The molecule has 0 aliphatic heterocycles. The molecule has 2 aromatic rings. The summed E-state index contributed by atoms with van der Waals surface area (Å²) in [6, 6.07) is 0.865. The van der Waals surface area contributed by atoms with E-state index in [1.807, 2.05) is 4.57 Å². The largest absolute Gasteiger partial charge is 0.332 e. The fraction of sp³-hybridized carbons (Fsp3) is 0.667. The number of nitrogens with zero attached hydrogens (tertiary/aromatic N) is 5. The molecule has 0 aliphatic rings. The van der Waals surface area contributed by atoms with Crippen LogP contribution < -0.4 is 11.2 Å². The molecule has 0 N–H and O–H groups in total. The van der Waals surface area contributed by atoms with Gasteiger partial charge in [0, 0.05) is 39.3 Å². The first-order valence-electron chi connectivity index (χ1n) is 7.62. The fourth-order valence-electron chi connectivity index (χ4n) is 2.90. The minimum atomic E-state index is -0.353. The lowest BCUT2D eigenvalue weighted by atomic mass is 10.2. The third-order valence-electron chi connectivity index (χ3n) is 4.14. The van der Waals surface area contributed by atoms with Gasteiger partial charge in [0.05, 0.1) is 6.33 Å². The molecule has 0 radical (unpaired) electrons. The summed E-state index contributed by atoms with van der Waals surface area (Å²) >= 11 is 0. The summed E-state index contributed by atoms with van der Waals surface area (Å²) in [6.45, 7) is 10.1. The smallest absolute Gasteiger partial charge is 0.323 e. The molecule has 22 heavy (non-hydrogen) atoms. The molecule has 0 spiro atoms. The van der Waals surface area contributed by atoms with Gasteiger partial charge in [-0.1, -0.05) is 0 Å². The van der Waals surface area contributed by atoms with Gasteiger partial charge in [-0.2, -0.15) is 0 Å². The van der Waals surface area contributed by atoms with Crippen molar-refractivity contribution in [2.45, 2.75) is 46.3 Å². The molecule has 2 rings (SSSR count). The lowest BCUT2D eigenvalue weighted by Crippen LogP contribution is -2.40. The summed E-state index contributed by atoms with van der Waals surface area (Å²) in [7, 11) is 3.13. The quantitative estimate of drug-likeness (QED) is 0.809. The highest BCUT2D eigenvalue weighted by molar-refractivity contribution is 5.69. The SMILES string of the molecule is CC(C)N(CCn1cnc2c1c(=O)n(C)c(=O)n2C)C(C)C. The van der Waals surface area contributed by atoms with E-state index in [1.54, 1.807) is 13.4 Å². The van der Waals surface area contributed by atoms with Crippen molar-refractivity contribution in [3.8, 4) is 0 Å². The average Bonchev–Trinajstić information content (AvgIpc) is 2.86. The van der Waals surface area contributed by atoms with Crippen molar-refractivity contribution in [2.24, 2.45) is 14.1 Å². The topological polar surface area (TPSA) is 65.1 Å². The summed E-state index contributed by atoms with van der Waals surface area (Å²) in [6.07, 6.45) is 1.64. The van der Waals surface area contributed by atoms with E-state index >= 15 is 0 Å². The van der Waals surface area contributed by atoms with Crippen molar-refractivity contribution < 1.29 is 0 Å². The highest BCUT2D eigenvalue weighted by Gasteiger charge is 2.17. The number of hydrogen-bond acceptors (Lipinski definition) is 4. The van der Waals surface area contributed by atoms with Crippen LogP contribution in [0.2, 0.25) is 0 Å². The van der Waals surface area contributed by atoms with E-state index in [0.717, 1.165) is 11.1 Å². The molecular formula is C15H25N5O2. The predicted molar refractivity (Wildman–Crippen MR) is 87.2 cm³/mol. The van der Waals surface area contributed by atoms with Crippen LogP contribution in [-0.4, -0.2) is 42.2 Å². The lowest BCUT2D eigenvalue weighted by molar-refractivity contribution is 0.169.